The molecule has 2 aromatic rings. The van der Waals surface area contributed by atoms with Crippen molar-refractivity contribution < 1.29 is 14.3 Å². The van der Waals surface area contributed by atoms with Gasteiger partial charge in [0, 0.05) is 26.1 Å². The van der Waals surface area contributed by atoms with Gasteiger partial charge in [-0.1, -0.05) is 43.3 Å². The fraction of sp³-hybridized carbons (Fsp3) is 0.381. The summed E-state index contributed by atoms with van der Waals surface area (Å²) in [6.07, 6.45) is 0.480. The fourth-order valence-electron chi connectivity index (χ4n) is 2.73. The van der Waals surface area contributed by atoms with Crippen molar-refractivity contribution in [3.05, 3.63) is 59.7 Å². The Morgan fingerprint density at radius 2 is 1.73 bits per heavy atom. The second kappa shape index (κ2) is 10.5. The van der Waals surface area contributed by atoms with Crippen molar-refractivity contribution in [1.29, 1.82) is 0 Å². The highest BCUT2D eigenvalue weighted by molar-refractivity contribution is 5.76. The van der Waals surface area contributed by atoms with Crippen LogP contribution in [0.1, 0.15) is 24.5 Å². The summed E-state index contributed by atoms with van der Waals surface area (Å²) in [5.74, 6) is 1.40. The van der Waals surface area contributed by atoms with Crippen molar-refractivity contribution in [2.24, 2.45) is 0 Å². The molecule has 0 saturated carbocycles. The largest absolute Gasteiger partial charge is 0.493 e. The molecule has 5 heteroatoms. The van der Waals surface area contributed by atoms with Crippen LogP contribution in [0, 0.1) is 0 Å². The lowest BCUT2D eigenvalue weighted by molar-refractivity contribution is -0.121. The zero-order valence-corrected chi connectivity index (χ0v) is 15.8. The average Bonchev–Trinajstić information content (AvgIpc) is 2.69. The van der Waals surface area contributed by atoms with Crippen molar-refractivity contribution >= 4 is 5.91 Å². The van der Waals surface area contributed by atoms with Gasteiger partial charge in [-0.2, -0.15) is 0 Å². The Kier molecular flexibility index (Phi) is 7.96. The van der Waals surface area contributed by atoms with Crippen LogP contribution < -0.4 is 14.8 Å². The van der Waals surface area contributed by atoms with E-state index in [-0.39, 0.29) is 5.91 Å². The third-order valence-corrected chi connectivity index (χ3v) is 4.29. The van der Waals surface area contributed by atoms with Crippen molar-refractivity contribution in [1.82, 2.24) is 10.2 Å². The van der Waals surface area contributed by atoms with Crippen LogP contribution in [0.3, 0.4) is 0 Å². The van der Waals surface area contributed by atoms with Gasteiger partial charge in [0.05, 0.1) is 14.2 Å². The number of hydrogen-bond donors (Lipinski definition) is 1. The van der Waals surface area contributed by atoms with E-state index >= 15 is 0 Å². The van der Waals surface area contributed by atoms with Crippen LogP contribution in [0.5, 0.6) is 11.5 Å². The molecule has 2 aromatic carbocycles. The van der Waals surface area contributed by atoms with Gasteiger partial charge in [-0.25, -0.2) is 0 Å². The maximum atomic E-state index is 12.2. The van der Waals surface area contributed by atoms with Gasteiger partial charge in [0.15, 0.2) is 11.5 Å². The van der Waals surface area contributed by atoms with Crippen molar-refractivity contribution in [2.75, 3.05) is 27.3 Å². The first kappa shape index (κ1) is 19.8. The molecule has 0 aromatic heterocycles. The van der Waals surface area contributed by atoms with E-state index in [4.69, 9.17) is 9.47 Å². The summed E-state index contributed by atoms with van der Waals surface area (Å²) in [5.41, 5.74) is 2.24. The standard InChI is InChI=1S/C21H28N2O3/c1-4-23(16-17-8-6-5-7-9-17)13-12-21(24)22-15-18-10-11-19(25-2)20(14-18)26-3/h5-11,14H,4,12-13,15-16H2,1-3H3,(H,22,24). The number of ether oxygens (including phenoxy) is 2. The molecule has 1 N–H and O–H groups in total. The summed E-state index contributed by atoms with van der Waals surface area (Å²) in [7, 11) is 3.21. The normalized spacial score (nSPS) is 10.6. The van der Waals surface area contributed by atoms with Crippen molar-refractivity contribution in [3.63, 3.8) is 0 Å². The lowest BCUT2D eigenvalue weighted by atomic mass is 10.2. The van der Waals surface area contributed by atoms with Gasteiger partial charge in [-0.15, -0.1) is 0 Å². The van der Waals surface area contributed by atoms with Crippen LogP contribution in [0.25, 0.3) is 0 Å². The predicted octanol–water partition coefficient (Wildman–Crippen LogP) is 3.23. The van der Waals surface area contributed by atoms with Crippen LogP contribution >= 0.6 is 0 Å². The summed E-state index contributed by atoms with van der Waals surface area (Å²) in [4.78, 5) is 14.4. The Bertz CT molecular complexity index is 689. The SMILES string of the molecule is CCN(CCC(=O)NCc1ccc(OC)c(OC)c1)Cc1ccccc1. The third-order valence-electron chi connectivity index (χ3n) is 4.29. The molecular weight excluding hydrogens is 328 g/mol. The molecular formula is C21H28N2O3. The molecule has 0 unspecified atom stereocenters. The van der Waals surface area contributed by atoms with Crippen LogP contribution in [0.2, 0.25) is 0 Å². The molecule has 0 atom stereocenters. The lowest BCUT2D eigenvalue weighted by Crippen LogP contribution is -2.30. The lowest BCUT2D eigenvalue weighted by Gasteiger charge is -2.20. The molecule has 0 bridgehead atoms. The van der Waals surface area contributed by atoms with E-state index in [0.29, 0.717) is 24.5 Å². The Balaban J connectivity index is 1.79. The number of nitrogens with one attached hydrogen (secondary N) is 1. The molecule has 1 amide bonds. The number of benzene rings is 2. The highest BCUT2D eigenvalue weighted by atomic mass is 16.5. The number of carbonyl (C=O) groups is 1. The Morgan fingerprint density at radius 3 is 2.38 bits per heavy atom. The summed E-state index contributed by atoms with van der Waals surface area (Å²) >= 11 is 0. The van der Waals surface area contributed by atoms with Crippen LogP contribution in [0.4, 0.5) is 0 Å². The average molecular weight is 356 g/mol. The highest BCUT2D eigenvalue weighted by Crippen LogP contribution is 2.27. The fourth-order valence-corrected chi connectivity index (χ4v) is 2.73. The first-order valence-corrected chi connectivity index (χ1v) is 8.90. The Labute approximate surface area is 155 Å². The van der Waals surface area contributed by atoms with E-state index in [2.05, 4.69) is 29.3 Å². The van der Waals surface area contributed by atoms with E-state index in [1.165, 1.54) is 5.56 Å². The van der Waals surface area contributed by atoms with Crippen LogP contribution in [-0.4, -0.2) is 38.1 Å². The van der Waals surface area contributed by atoms with Crippen molar-refractivity contribution in [2.45, 2.75) is 26.4 Å². The number of hydrogen-bond acceptors (Lipinski definition) is 4. The minimum Gasteiger partial charge on any atom is -0.493 e. The molecule has 140 valence electrons. The number of nitrogens with zero attached hydrogens (tertiary/aromatic N) is 1. The Hall–Kier alpha value is -2.53. The summed E-state index contributed by atoms with van der Waals surface area (Å²) in [6, 6.07) is 16.0. The maximum Gasteiger partial charge on any atom is 0.221 e. The van der Waals surface area contributed by atoms with Gasteiger partial charge < -0.3 is 14.8 Å². The second-order valence-corrected chi connectivity index (χ2v) is 6.07. The smallest absolute Gasteiger partial charge is 0.221 e. The molecule has 0 radical (unpaired) electrons. The quantitative estimate of drug-likeness (QED) is 0.710. The molecule has 0 heterocycles. The van der Waals surface area contributed by atoms with E-state index < -0.39 is 0 Å². The summed E-state index contributed by atoms with van der Waals surface area (Å²) < 4.78 is 10.5. The third kappa shape index (κ3) is 6.08. The van der Waals surface area contributed by atoms with Crippen LogP contribution in [-0.2, 0) is 17.9 Å². The second-order valence-electron chi connectivity index (χ2n) is 6.07. The van der Waals surface area contributed by atoms with Gasteiger partial charge in [0.2, 0.25) is 5.91 Å². The monoisotopic (exact) mass is 356 g/mol. The molecule has 0 aliphatic carbocycles. The zero-order valence-electron chi connectivity index (χ0n) is 15.8. The number of amides is 1. The molecule has 5 nitrogen and oxygen atoms in total. The van der Waals surface area contributed by atoms with E-state index in [0.717, 1.165) is 25.2 Å². The van der Waals surface area contributed by atoms with Gasteiger partial charge in [0.1, 0.15) is 0 Å². The number of carbonyl (C=O) groups excluding carboxylic acids is 1. The molecule has 26 heavy (non-hydrogen) atoms. The summed E-state index contributed by atoms with van der Waals surface area (Å²) in [6.45, 7) is 5.11. The van der Waals surface area contributed by atoms with E-state index in [1.54, 1.807) is 14.2 Å². The minimum atomic E-state index is 0.0475. The van der Waals surface area contributed by atoms with Gasteiger partial charge in [-0.3, -0.25) is 9.69 Å². The van der Waals surface area contributed by atoms with Gasteiger partial charge in [0.25, 0.3) is 0 Å². The molecule has 0 spiro atoms. The zero-order chi connectivity index (χ0) is 18.8. The highest BCUT2D eigenvalue weighted by Gasteiger charge is 2.09. The molecule has 0 aliphatic rings. The predicted molar refractivity (Wildman–Crippen MR) is 103 cm³/mol. The van der Waals surface area contributed by atoms with E-state index in [9.17, 15) is 4.79 Å². The maximum absolute atomic E-state index is 12.2. The minimum absolute atomic E-state index is 0.0475. The molecule has 0 fully saturated rings. The molecule has 0 aliphatic heterocycles. The Morgan fingerprint density at radius 1 is 1.00 bits per heavy atom. The first-order valence-electron chi connectivity index (χ1n) is 8.90. The number of rotatable bonds is 10. The topological polar surface area (TPSA) is 50.8 Å². The van der Waals surface area contributed by atoms with Crippen molar-refractivity contribution in [3.8, 4) is 11.5 Å². The molecule has 0 saturated heterocycles. The number of methoxy groups -OCH3 is 2. The van der Waals surface area contributed by atoms with Gasteiger partial charge in [-0.05, 0) is 29.8 Å². The molecule has 2 rings (SSSR count). The van der Waals surface area contributed by atoms with Crippen LogP contribution in [0.15, 0.2) is 48.5 Å². The van der Waals surface area contributed by atoms with Gasteiger partial charge >= 0.3 is 0 Å². The van der Waals surface area contributed by atoms with E-state index in [1.807, 2.05) is 36.4 Å². The first-order chi connectivity index (χ1) is 12.7. The summed E-state index contributed by atoms with van der Waals surface area (Å²) in [5, 5.41) is 2.97.